The number of anilines is 1. The van der Waals surface area contributed by atoms with Gasteiger partial charge in [0.15, 0.2) is 0 Å². The number of amides is 2. The Hall–Kier alpha value is -1.75. The lowest BCUT2D eigenvalue weighted by atomic mass is 9.67. The molecule has 154 valence electrons. The van der Waals surface area contributed by atoms with E-state index in [0.717, 1.165) is 56.3 Å². The molecule has 1 aromatic rings. The first-order valence-corrected chi connectivity index (χ1v) is 12.4. The molecule has 4 nitrogen and oxygen atoms in total. The predicted molar refractivity (Wildman–Crippen MR) is 115 cm³/mol. The lowest BCUT2D eigenvalue weighted by Crippen LogP contribution is -2.37. The normalized spacial score (nSPS) is 31.6. The largest absolute Gasteiger partial charge is 0.274 e. The van der Waals surface area contributed by atoms with Gasteiger partial charge in [0.25, 0.3) is 0 Å². The Bertz CT molecular complexity index is 871. The van der Waals surface area contributed by atoms with Gasteiger partial charge in [-0.2, -0.15) is 0 Å². The number of benzene rings is 1. The molecule has 1 heterocycles. The highest BCUT2D eigenvalue weighted by Crippen LogP contribution is 2.51. The second-order valence-corrected chi connectivity index (χ2v) is 10.8. The van der Waals surface area contributed by atoms with E-state index in [-0.39, 0.29) is 34.8 Å². The molecule has 4 aliphatic rings. The van der Waals surface area contributed by atoms with Gasteiger partial charge in [-0.15, -0.1) is 0 Å². The molecule has 1 unspecified atom stereocenters. The van der Waals surface area contributed by atoms with Crippen molar-refractivity contribution in [3.8, 4) is 0 Å². The third-order valence-corrected chi connectivity index (χ3v) is 9.44. The standard InChI is InChI=1S/C24H29NO3S/c26-23-20-15-21(29(28)17-11-5-2-6-12-17)18-13-7-8-14-19(18)22(20)24(27)25(23)16-9-3-1-4-10-16/h1,3-4,9-10,17,19-20,22H,2,5-8,11-15H2/t19-,20-,22+,29?/m0/s1. The number of rotatable bonds is 3. The molecule has 4 atom stereocenters. The number of nitrogens with zero attached hydrogens (tertiary/aromatic N) is 1. The van der Waals surface area contributed by atoms with Gasteiger partial charge in [0.1, 0.15) is 0 Å². The first-order valence-electron chi connectivity index (χ1n) is 11.2. The van der Waals surface area contributed by atoms with Crippen LogP contribution in [0.2, 0.25) is 0 Å². The molecular weight excluding hydrogens is 382 g/mol. The maximum Gasteiger partial charge on any atom is 0.238 e. The van der Waals surface area contributed by atoms with E-state index >= 15 is 0 Å². The Kier molecular flexibility index (Phi) is 5.19. The molecule has 2 amide bonds. The Morgan fingerprint density at radius 3 is 2.31 bits per heavy atom. The van der Waals surface area contributed by atoms with E-state index in [0.29, 0.717) is 12.1 Å². The van der Waals surface area contributed by atoms with E-state index < -0.39 is 10.8 Å². The quantitative estimate of drug-likeness (QED) is 0.676. The monoisotopic (exact) mass is 411 g/mol. The highest BCUT2D eigenvalue weighted by Gasteiger charge is 2.55. The number of hydrogen-bond donors (Lipinski definition) is 0. The zero-order chi connectivity index (χ0) is 20.0. The maximum absolute atomic E-state index is 13.6. The number of carbonyl (C=O) groups excluding carboxylic acids is 2. The van der Waals surface area contributed by atoms with Crippen LogP contribution in [0.5, 0.6) is 0 Å². The Labute approximate surface area is 175 Å². The van der Waals surface area contributed by atoms with Crippen LogP contribution in [0.15, 0.2) is 40.8 Å². The lowest BCUT2D eigenvalue weighted by Gasteiger charge is -2.38. The van der Waals surface area contributed by atoms with Gasteiger partial charge in [0.2, 0.25) is 11.8 Å². The van der Waals surface area contributed by atoms with Crippen molar-refractivity contribution in [3.63, 3.8) is 0 Å². The lowest BCUT2D eigenvalue weighted by molar-refractivity contribution is -0.122. The third kappa shape index (κ3) is 3.22. The van der Waals surface area contributed by atoms with Crippen molar-refractivity contribution >= 4 is 28.3 Å². The number of fused-ring (bicyclic) bond motifs is 3. The summed E-state index contributed by atoms with van der Waals surface area (Å²) >= 11 is 0. The van der Waals surface area contributed by atoms with Gasteiger partial charge in [-0.1, -0.05) is 49.5 Å². The molecular formula is C24H29NO3S. The van der Waals surface area contributed by atoms with Crippen molar-refractivity contribution in [3.05, 3.63) is 40.8 Å². The summed E-state index contributed by atoms with van der Waals surface area (Å²) in [6, 6.07) is 9.30. The van der Waals surface area contributed by atoms with E-state index in [9.17, 15) is 13.8 Å². The van der Waals surface area contributed by atoms with Crippen molar-refractivity contribution in [1.82, 2.24) is 0 Å². The van der Waals surface area contributed by atoms with Gasteiger partial charge in [0, 0.05) is 10.2 Å². The van der Waals surface area contributed by atoms with E-state index in [1.165, 1.54) is 16.9 Å². The van der Waals surface area contributed by atoms with Gasteiger partial charge in [-0.3, -0.25) is 18.7 Å². The molecule has 0 spiro atoms. The van der Waals surface area contributed by atoms with Crippen molar-refractivity contribution in [1.29, 1.82) is 0 Å². The minimum absolute atomic E-state index is 0.0434. The number of para-hydroxylation sites is 1. The highest BCUT2D eigenvalue weighted by molar-refractivity contribution is 7.89. The molecule has 29 heavy (non-hydrogen) atoms. The second-order valence-electron chi connectivity index (χ2n) is 9.04. The summed E-state index contributed by atoms with van der Waals surface area (Å²) in [6.07, 6.45) is 10.3. The van der Waals surface area contributed by atoms with Gasteiger partial charge in [0.05, 0.1) is 28.3 Å². The summed E-state index contributed by atoms with van der Waals surface area (Å²) in [5.41, 5.74) is 1.95. The summed E-state index contributed by atoms with van der Waals surface area (Å²) in [6.45, 7) is 0. The van der Waals surface area contributed by atoms with Crippen molar-refractivity contribution in [2.45, 2.75) is 69.5 Å². The Balaban J connectivity index is 1.50. The zero-order valence-corrected chi connectivity index (χ0v) is 17.7. The molecule has 0 bridgehead atoms. The van der Waals surface area contributed by atoms with Crippen LogP contribution in [0.3, 0.4) is 0 Å². The average molecular weight is 412 g/mol. The fraction of sp³-hybridized carbons (Fsp3) is 0.583. The molecule has 0 radical (unpaired) electrons. The molecule has 3 aliphatic carbocycles. The fourth-order valence-electron chi connectivity index (χ4n) is 6.05. The molecule has 1 aliphatic heterocycles. The number of imide groups is 1. The van der Waals surface area contributed by atoms with Crippen LogP contribution in [0, 0.1) is 17.8 Å². The van der Waals surface area contributed by atoms with Crippen molar-refractivity contribution in [2.75, 3.05) is 4.90 Å². The molecule has 0 aromatic heterocycles. The molecule has 0 N–H and O–H groups in total. The number of carbonyl (C=O) groups is 2. The summed E-state index contributed by atoms with van der Waals surface area (Å²) in [5, 5.41) is 0.239. The third-order valence-electron chi connectivity index (χ3n) is 7.44. The van der Waals surface area contributed by atoms with Crippen LogP contribution in [0.1, 0.15) is 64.2 Å². The van der Waals surface area contributed by atoms with Gasteiger partial charge in [-0.05, 0) is 56.6 Å². The zero-order valence-electron chi connectivity index (χ0n) is 16.8. The fourth-order valence-corrected chi connectivity index (χ4v) is 8.07. The van der Waals surface area contributed by atoms with Gasteiger partial charge >= 0.3 is 0 Å². The molecule has 1 saturated heterocycles. The van der Waals surface area contributed by atoms with Crippen LogP contribution in [0.25, 0.3) is 0 Å². The average Bonchev–Trinajstić information content (AvgIpc) is 3.04. The van der Waals surface area contributed by atoms with Gasteiger partial charge < -0.3 is 0 Å². The highest BCUT2D eigenvalue weighted by atomic mass is 32.2. The van der Waals surface area contributed by atoms with Gasteiger partial charge in [-0.25, -0.2) is 0 Å². The molecule has 2 saturated carbocycles. The summed E-state index contributed by atoms with van der Waals surface area (Å²) in [4.78, 5) is 29.2. The summed E-state index contributed by atoms with van der Waals surface area (Å²) in [7, 11) is -1.01. The van der Waals surface area contributed by atoms with E-state index in [1.54, 1.807) is 0 Å². The van der Waals surface area contributed by atoms with Crippen LogP contribution >= 0.6 is 0 Å². The van der Waals surface area contributed by atoms with Crippen LogP contribution in [-0.4, -0.2) is 21.3 Å². The van der Waals surface area contributed by atoms with E-state index in [4.69, 9.17) is 0 Å². The second kappa shape index (κ2) is 7.82. The molecule has 5 heteroatoms. The minimum atomic E-state index is -1.01. The maximum atomic E-state index is 13.6. The number of hydrogen-bond acceptors (Lipinski definition) is 3. The van der Waals surface area contributed by atoms with Crippen molar-refractivity contribution in [2.24, 2.45) is 17.8 Å². The van der Waals surface area contributed by atoms with E-state index in [1.807, 2.05) is 30.3 Å². The summed E-state index contributed by atoms with van der Waals surface area (Å²) < 4.78 is 13.6. The van der Waals surface area contributed by atoms with E-state index in [2.05, 4.69) is 0 Å². The Morgan fingerprint density at radius 1 is 0.828 bits per heavy atom. The predicted octanol–water partition coefficient (Wildman–Crippen LogP) is 4.72. The Morgan fingerprint density at radius 2 is 1.55 bits per heavy atom. The molecule has 1 aromatic carbocycles. The SMILES string of the molecule is O=C1[C@H]2[C@H](CC(S(=O)C3CCCCC3)=C3CCCC[C@@H]32)C(=O)N1c1ccccc1. The summed E-state index contributed by atoms with van der Waals surface area (Å²) in [5.74, 6) is -0.621. The number of allylic oxidation sites excluding steroid dienone is 2. The minimum Gasteiger partial charge on any atom is -0.274 e. The molecule has 3 fully saturated rings. The van der Waals surface area contributed by atoms with Crippen LogP contribution in [-0.2, 0) is 20.4 Å². The van der Waals surface area contributed by atoms with Crippen LogP contribution in [0.4, 0.5) is 5.69 Å². The first-order chi connectivity index (χ1) is 14.2. The molecule has 5 rings (SSSR count). The first kappa shape index (κ1) is 19.2. The van der Waals surface area contributed by atoms with Crippen LogP contribution < -0.4 is 4.90 Å². The van der Waals surface area contributed by atoms with Crippen molar-refractivity contribution < 1.29 is 13.8 Å². The smallest absolute Gasteiger partial charge is 0.238 e. The topological polar surface area (TPSA) is 54.5 Å².